The number of methoxy groups -OCH3 is 1. The van der Waals surface area contributed by atoms with Crippen molar-refractivity contribution in [1.82, 2.24) is 4.98 Å². The fraction of sp³-hybridized carbons (Fsp3) is 0.133. The lowest BCUT2D eigenvalue weighted by atomic mass is 10.2. The van der Waals surface area contributed by atoms with Crippen LogP contribution in [0.2, 0.25) is 0 Å². The molecule has 6 nitrogen and oxygen atoms in total. The smallest absolute Gasteiger partial charge is 0.354 e. The van der Waals surface area contributed by atoms with E-state index in [2.05, 4.69) is 4.98 Å². The summed E-state index contributed by atoms with van der Waals surface area (Å²) in [4.78, 5) is 28.3. The molecule has 1 N–H and O–H groups in total. The molecule has 1 amide bonds. The second-order valence-corrected chi connectivity index (χ2v) is 4.27. The number of carbonyl (C=O) groups is 2. The Morgan fingerprint density at radius 3 is 2.48 bits per heavy atom. The van der Waals surface area contributed by atoms with Crippen LogP contribution in [-0.4, -0.2) is 36.1 Å². The molecule has 0 saturated carbocycles. The van der Waals surface area contributed by atoms with Crippen molar-refractivity contribution in [2.24, 2.45) is 0 Å². The first kappa shape index (κ1) is 14.5. The predicted octanol–water partition coefficient (Wildman–Crippen LogP) is 2.06. The van der Waals surface area contributed by atoms with Crippen LogP contribution in [0.5, 0.6) is 5.75 Å². The Kier molecular flexibility index (Phi) is 4.18. The molecule has 6 heteroatoms. The second-order valence-electron chi connectivity index (χ2n) is 4.27. The molecular formula is C15H14N2O4. The molecular weight excluding hydrogens is 272 g/mol. The van der Waals surface area contributed by atoms with Crippen molar-refractivity contribution in [3.8, 4) is 5.75 Å². The molecule has 0 unspecified atom stereocenters. The van der Waals surface area contributed by atoms with E-state index in [1.165, 1.54) is 30.3 Å². The minimum atomic E-state index is -1.13. The van der Waals surface area contributed by atoms with Gasteiger partial charge < -0.3 is 14.7 Å². The molecule has 0 fully saturated rings. The van der Waals surface area contributed by atoms with Gasteiger partial charge in [-0.25, -0.2) is 9.78 Å². The number of para-hydroxylation sites is 2. The molecule has 1 heterocycles. The van der Waals surface area contributed by atoms with Crippen LogP contribution < -0.4 is 9.64 Å². The summed E-state index contributed by atoms with van der Waals surface area (Å²) < 4.78 is 5.22. The molecule has 0 aliphatic heterocycles. The van der Waals surface area contributed by atoms with Gasteiger partial charge in [-0.15, -0.1) is 0 Å². The zero-order chi connectivity index (χ0) is 15.4. The van der Waals surface area contributed by atoms with Gasteiger partial charge in [-0.3, -0.25) is 4.79 Å². The number of aromatic carboxylic acids is 1. The van der Waals surface area contributed by atoms with Crippen molar-refractivity contribution in [2.75, 3.05) is 19.1 Å². The van der Waals surface area contributed by atoms with Gasteiger partial charge in [0.05, 0.1) is 18.4 Å². The van der Waals surface area contributed by atoms with Crippen LogP contribution in [0, 0.1) is 0 Å². The van der Waals surface area contributed by atoms with E-state index in [1.807, 2.05) is 6.07 Å². The van der Waals surface area contributed by atoms with Crippen molar-refractivity contribution in [3.05, 3.63) is 53.9 Å². The summed E-state index contributed by atoms with van der Waals surface area (Å²) in [5.41, 5.74) is 0.812. The van der Waals surface area contributed by atoms with Crippen LogP contribution in [0.25, 0.3) is 0 Å². The monoisotopic (exact) mass is 286 g/mol. The lowest BCUT2D eigenvalue weighted by Crippen LogP contribution is -2.26. The maximum absolute atomic E-state index is 12.4. The fourth-order valence-electron chi connectivity index (χ4n) is 1.86. The Morgan fingerprint density at radius 2 is 1.90 bits per heavy atom. The predicted molar refractivity (Wildman–Crippen MR) is 76.9 cm³/mol. The molecule has 0 atom stereocenters. The molecule has 0 saturated heterocycles. The number of rotatable bonds is 4. The molecule has 2 rings (SSSR count). The summed E-state index contributed by atoms with van der Waals surface area (Å²) in [6, 6.07) is 9.86. The summed E-state index contributed by atoms with van der Waals surface area (Å²) in [7, 11) is 3.14. The summed E-state index contributed by atoms with van der Waals surface area (Å²) in [5, 5.41) is 8.80. The van der Waals surface area contributed by atoms with E-state index in [1.54, 1.807) is 25.2 Å². The number of hydrogen-bond acceptors (Lipinski definition) is 4. The average Bonchev–Trinajstić information content (AvgIpc) is 2.53. The number of carboxylic acid groups (broad SMARTS) is 1. The number of benzene rings is 1. The van der Waals surface area contributed by atoms with Gasteiger partial charge in [-0.2, -0.15) is 0 Å². The zero-order valence-corrected chi connectivity index (χ0v) is 11.6. The normalized spacial score (nSPS) is 10.0. The Labute approximate surface area is 121 Å². The molecule has 1 aromatic carbocycles. The van der Waals surface area contributed by atoms with Crippen LogP contribution >= 0.6 is 0 Å². The van der Waals surface area contributed by atoms with Gasteiger partial charge in [0, 0.05) is 13.2 Å². The van der Waals surface area contributed by atoms with Gasteiger partial charge in [0.1, 0.15) is 11.4 Å². The van der Waals surface area contributed by atoms with Crippen molar-refractivity contribution >= 4 is 17.6 Å². The molecule has 2 aromatic rings. The maximum atomic E-state index is 12.4. The third-order valence-corrected chi connectivity index (χ3v) is 2.98. The molecule has 0 aliphatic carbocycles. The first-order valence-electron chi connectivity index (χ1n) is 6.15. The van der Waals surface area contributed by atoms with Gasteiger partial charge >= 0.3 is 5.97 Å². The van der Waals surface area contributed by atoms with Crippen LogP contribution in [0.4, 0.5) is 5.69 Å². The van der Waals surface area contributed by atoms with E-state index in [9.17, 15) is 9.59 Å². The molecule has 0 spiro atoms. The number of anilines is 1. The highest BCUT2D eigenvalue weighted by Crippen LogP contribution is 2.27. The molecule has 0 aliphatic rings. The molecule has 21 heavy (non-hydrogen) atoms. The van der Waals surface area contributed by atoms with Crippen molar-refractivity contribution < 1.29 is 19.4 Å². The third kappa shape index (κ3) is 3.00. The van der Waals surface area contributed by atoms with Crippen LogP contribution in [-0.2, 0) is 0 Å². The van der Waals surface area contributed by atoms with E-state index in [-0.39, 0.29) is 11.6 Å². The first-order valence-corrected chi connectivity index (χ1v) is 6.15. The lowest BCUT2D eigenvalue weighted by molar-refractivity contribution is 0.0690. The second kappa shape index (κ2) is 6.04. The number of carbonyl (C=O) groups excluding carboxylic acids is 1. The van der Waals surface area contributed by atoms with Crippen LogP contribution in [0.15, 0.2) is 42.6 Å². The van der Waals surface area contributed by atoms with Gasteiger partial charge in [0.15, 0.2) is 0 Å². The van der Waals surface area contributed by atoms with Gasteiger partial charge in [0.25, 0.3) is 5.91 Å². The Balaban J connectivity index is 2.28. The fourth-order valence-corrected chi connectivity index (χ4v) is 1.86. The largest absolute Gasteiger partial charge is 0.495 e. The minimum absolute atomic E-state index is 0.105. The molecule has 0 bridgehead atoms. The highest BCUT2D eigenvalue weighted by molar-refractivity contribution is 6.06. The summed E-state index contributed by atoms with van der Waals surface area (Å²) in [6.45, 7) is 0. The number of ether oxygens (including phenoxy) is 1. The van der Waals surface area contributed by atoms with Gasteiger partial charge in [-0.1, -0.05) is 12.1 Å². The number of aromatic nitrogens is 1. The van der Waals surface area contributed by atoms with E-state index < -0.39 is 5.97 Å². The summed E-state index contributed by atoms with van der Waals surface area (Å²) in [6.07, 6.45) is 1.25. The minimum Gasteiger partial charge on any atom is -0.495 e. The maximum Gasteiger partial charge on any atom is 0.354 e. The molecule has 0 radical (unpaired) electrons. The van der Waals surface area contributed by atoms with Crippen LogP contribution in [0.1, 0.15) is 20.8 Å². The van der Waals surface area contributed by atoms with Gasteiger partial charge in [-0.05, 0) is 24.3 Å². The number of hydrogen-bond donors (Lipinski definition) is 1. The van der Waals surface area contributed by atoms with Crippen molar-refractivity contribution in [1.29, 1.82) is 0 Å². The van der Waals surface area contributed by atoms with Crippen LogP contribution in [0.3, 0.4) is 0 Å². The third-order valence-electron chi connectivity index (χ3n) is 2.98. The Hall–Kier alpha value is -2.89. The highest BCUT2D eigenvalue weighted by atomic mass is 16.5. The standard InChI is InChI=1S/C15H14N2O4/c1-17(12-5-3-4-6-13(12)21-2)14(18)10-7-8-11(15(19)20)16-9-10/h3-9H,1-2H3,(H,19,20). The quantitative estimate of drug-likeness (QED) is 0.930. The Morgan fingerprint density at radius 1 is 1.19 bits per heavy atom. The van der Waals surface area contributed by atoms with E-state index in [0.29, 0.717) is 17.0 Å². The van der Waals surface area contributed by atoms with E-state index in [0.717, 1.165) is 0 Å². The molecule has 108 valence electrons. The molecule has 1 aromatic heterocycles. The van der Waals surface area contributed by atoms with E-state index >= 15 is 0 Å². The Bertz CT molecular complexity index is 668. The van der Waals surface area contributed by atoms with Gasteiger partial charge in [0.2, 0.25) is 0 Å². The number of amides is 1. The van der Waals surface area contributed by atoms with Crippen molar-refractivity contribution in [2.45, 2.75) is 0 Å². The lowest BCUT2D eigenvalue weighted by Gasteiger charge is -2.19. The van der Waals surface area contributed by atoms with Crippen molar-refractivity contribution in [3.63, 3.8) is 0 Å². The SMILES string of the molecule is COc1ccccc1N(C)C(=O)c1ccc(C(=O)O)nc1. The average molecular weight is 286 g/mol. The summed E-state index contributed by atoms with van der Waals surface area (Å²) in [5.74, 6) is -0.862. The zero-order valence-electron chi connectivity index (χ0n) is 11.6. The number of nitrogens with zero attached hydrogens (tertiary/aromatic N) is 2. The number of carboxylic acids is 1. The topological polar surface area (TPSA) is 79.7 Å². The first-order chi connectivity index (χ1) is 10.0. The highest BCUT2D eigenvalue weighted by Gasteiger charge is 2.17. The summed E-state index contributed by atoms with van der Waals surface area (Å²) >= 11 is 0. The number of pyridine rings is 1. The van der Waals surface area contributed by atoms with E-state index in [4.69, 9.17) is 9.84 Å².